The first-order valence-electron chi connectivity index (χ1n) is 8.52. The highest BCUT2D eigenvalue weighted by molar-refractivity contribution is 6.30. The fourth-order valence-corrected chi connectivity index (χ4v) is 3.00. The molecule has 3 rings (SSSR count). The van der Waals surface area contributed by atoms with Crippen LogP contribution in [-0.4, -0.2) is 17.4 Å². The predicted molar refractivity (Wildman–Crippen MR) is 104 cm³/mol. The number of nitrogens with one attached hydrogen (secondary N) is 1. The van der Waals surface area contributed by atoms with Gasteiger partial charge in [-0.25, -0.2) is 0 Å². The van der Waals surface area contributed by atoms with Crippen molar-refractivity contribution in [2.75, 3.05) is 10.2 Å². The van der Waals surface area contributed by atoms with E-state index in [9.17, 15) is 9.59 Å². The van der Waals surface area contributed by atoms with Gasteiger partial charge in [-0.2, -0.15) is 0 Å². The molecular formula is C20H22ClN3O2. The molecule has 0 saturated heterocycles. The molecule has 0 aromatic heterocycles. The lowest BCUT2D eigenvalue weighted by Gasteiger charge is -2.30. The summed E-state index contributed by atoms with van der Waals surface area (Å²) in [5, 5.41) is 3.50. The molecule has 2 aromatic rings. The van der Waals surface area contributed by atoms with Crippen LogP contribution in [0.2, 0.25) is 5.02 Å². The summed E-state index contributed by atoms with van der Waals surface area (Å²) >= 11 is 5.93. The zero-order valence-electron chi connectivity index (χ0n) is 14.9. The Morgan fingerprint density at radius 2 is 1.88 bits per heavy atom. The number of aryl methyl sites for hydroxylation is 1. The van der Waals surface area contributed by atoms with Gasteiger partial charge in [0.15, 0.2) is 0 Å². The first-order chi connectivity index (χ1) is 12.2. The highest BCUT2D eigenvalue weighted by Gasteiger charge is 2.26. The highest BCUT2D eigenvalue weighted by atomic mass is 35.5. The quantitative estimate of drug-likeness (QED) is 0.863. The van der Waals surface area contributed by atoms with Crippen LogP contribution in [0.3, 0.4) is 0 Å². The van der Waals surface area contributed by atoms with Gasteiger partial charge in [0.25, 0.3) is 0 Å². The van der Waals surface area contributed by atoms with Crippen LogP contribution < -0.4 is 16.0 Å². The molecule has 1 heterocycles. The first-order valence-corrected chi connectivity index (χ1v) is 8.90. The normalized spacial score (nSPS) is 14.2. The van der Waals surface area contributed by atoms with Crippen LogP contribution in [0.15, 0.2) is 42.5 Å². The molecule has 136 valence electrons. The second-order valence-corrected chi connectivity index (χ2v) is 7.56. The minimum atomic E-state index is -0.952. The summed E-state index contributed by atoms with van der Waals surface area (Å²) in [5.41, 5.74) is 8.48. The molecule has 1 aliphatic heterocycles. The molecule has 0 unspecified atom stereocenters. The molecule has 2 amide bonds. The number of carbonyl (C=O) groups is 2. The number of hydrogen-bond acceptors (Lipinski definition) is 3. The van der Waals surface area contributed by atoms with E-state index in [4.69, 9.17) is 17.3 Å². The lowest BCUT2D eigenvalue weighted by molar-refractivity contribution is -0.120. The van der Waals surface area contributed by atoms with Crippen molar-refractivity contribution in [3.05, 3.63) is 58.6 Å². The van der Waals surface area contributed by atoms with Gasteiger partial charge >= 0.3 is 0 Å². The van der Waals surface area contributed by atoms with Crippen molar-refractivity contribution < 1.29 is 9.59 Å². The summed E-state index contributed by atoms with van der Waals surface area (Å²) in [6.45, 7) is 3.81. The van der Waals surface area contributed by atoms with Crippen LogP contribution in [0.1, 0.15) is 31.4 Å². The number of nitrogens with zero attached hydrogens (tertiary/aromatic N) is 1. The maximum atomic E-state index is 12.4. The Morgan fingerprint density at radius 3 is 2.54 bits per heavy atom. The molecule has 0 atom stereocenters. The maximum absolute atomic E-state index is 12.4. The maximum Gasteiger partial charge on any atom is 0.243 e. The molecular weight excluding hydrogens is 350 g/mol. The average molecular weight is 372 g/mol. The van der Waals surface area contributed by atoms with Crippen molar-refractivity contribution in [1.29, 1.82) is 0 Å². The van der Waals surface area contributed by atoms with E-state index < -0.39 is 5.54 Å². The molecule has 0 fully saturated rings. The minimum Gasteiger partial charge on any atom is -0.324 e. The Labute approximate surface area is 158 Å². The molecule has 0 aliphatic carbocycles. The molecule has 0 spiro atoms. The average Bonchev–Trinajstić information content (AvgIpc) is 2.58. The number of anilines is 2. The largest absolute Gasteiger partial charge is 0.324 e. The van der Waals surface area contributed by atoms with Gasteiger partial charge in [0.2, 0.25) is 11.8 Å². The number of benzene rings is 2. The minimum absolute atomic E-state index is 0.0901. The van der Waals surface area contributed by atoms with Gasteiger partial charge in [0, 0.05) is 22.8 Å². The third-order valence-corrected chi connectivity index (χ3v) is 4.63. The van der Waals surface area contributed by atoms with Crippen LogP contribution in [0, 0.1) is 0 Å². The zero-order valence-corrected chi connectivity index (χ0v) is 15.6. The lowest BCUT2D eigenvalue weighted by Crippen LogP contribution is -2.45. The van der Waals surface area contributed by atoms with E-state index in [0.29, 0.717) is 30.1 Å². The van der Waals surface area contributed by atoms with Crippen molar-refractivity contribution in [1.82, 2.24) is 0 Å². The number of nitrogens with two attached hydrogens (primary N) is 1. The second kappa shape index (κ2) is 7.09. The Balaban J connectivity index is 1.84. The topological polar surface area (TPSA) is 75.4 Å². The van der Waals surface area contributed by atoms with Gasteiger partial charge in [-0.15, -0.1) is 0 Å². The van der Waals surface area contributed by atoms with Gasteiger partial charge in [-0.1, -0.05) is 23.7 Å². The molecule has 3 N–H and O–H groups in total. The summed E-state index contributed by atoms with van der Waals surface area (Å²) in [4.78, 5) is 26.3. The van der Waals surface area contributed by atoms with Crippen LogP contribution >= 0.6 is 11.6 Å². The van der Waals surface area contributed by atoms with E-state index >= 15 is 0 Å². The smallest absolute Gasteiger partial charge is 0.243 e. The fraction of sp³-hybridized carbons (Fsp3) is 0.300. The fourth-order valence-electron chi connectivity index (χ4n) is 2.88. The van der Waals surface area contributed by atoms with Gasteiger partial charge < -0.3 is 16.0 Å². The lowest BCUT2D eigenvalue weighted by atomic mass is 9.99. The van der Waals surface area contributed by atoms with E-state index in [2.05, 4.69) is 5.32 Å². The molecule has 6 heteroatoms. The number of fused-ring (bicyclic) bond motifs is 1. The van der Waals surface area contributed by atoms with E-state index in [1.165, 1.54) is 0 Å². The number of hydrogen-bond donors (Lipinski definition) is 2. The van der Waals surface area contributed by atoms with Crippen molar-refractivity contribution in [2.24, 2.45) is 5.73 Å². The first kappa shape index (κ1) is 18.4. The van der Waals surface area contributed by atoms with Crippen molar-refractivity contribution in [2.45, 2.75) is 38.8 Å². The molecule has 1 aliphatic rings. The third-order valence-electron chi connectivity index (χ3n) is 4.38. The van der Waals surface area contributed by atoms with Crippen LogP contribution in [0.4, 0.5) is 11.4 Å². The molecule has 0 saturated carbocycles. The molecule has 0 radical (unpaired) electrons. The van der Waals surface area contributed by atoms with Crippen LogP contribution in [0.25, 0.3) is 0 Å². The number of rotatable bonds is 4. The van der Waals surface area contributed by atoms with Crippen LogP contribution in [0.5, 0.6) is 0 Å². The molecule has 2 aromatic carbocycles. The Kier molecular flexibility index (Phi) is 5.03. The molecule has 0 bridgehead atoms. The summed E-state index contributed by atoms with van der Waals surface area (Å²) in [6.07, 6.45) is 1.10. The Bertz CT molecular complexity index is 841. The number of halogens is 1. The Hall–Kier alpha value is -2.37. The SMILES string of the molecule is CC(C)(N)C(=O)Nc1ccc2c(c1)CCC(=O)N2Cc1ccc(Cl)cc1. The number of carbonyl (C=O) groups excluding carboxylic acids is 2. The summed E-state index contributed by atoms with van der Waals surface area (Å²) in [6, 6.07) is 13.1. The summed E-state index contributed by atoms with van der Waals surface area (Å²) in [5.74, 6) is -0.158. The van der Waals surface area contributed by atoms with Gasteiger partial charge in [-0.05, 0) is 61.7 Å². The molecule has 26 heavy (non-hydrogen) atoms. The number of amides is 2. The predicted octanol–water partition coefficient (Wildman–Crippen LogP) is 3.50. The van der Waals surface area contributed by atoms with Gasteiger partial charge in [-0.3, -0.25) is 9.59 Å². The third kappa shape index (κ3) is 4.06. The Morgan fingerprint density at radius 1 is 1.19 bits per heavy atom. The van der Waals surface area contributed by atoms with Crippen molar-refractivity contribution >= 4 is 34.8 Å². The van der Waals surface area contributed by atoms with E-state index in [1.807, 2.05) is 36.4 Å². The van der Waals surface area contributed by atoms with Crippen LogP contribution in [-0.2, 0) is 22.6 Å². The van der Waals surface area contributed by atoms with E-state index in [1.54, 1.807) is 24.8 Å². The zero-order chi connectivity index (χ0) is 18.9. The van der Waals surface area contributed by atoms with Crippen molar-refractivity contribution in [3.63, 3.8) is 0 Å². The monoisotopic (exact) mass is 371 g/mol. The van der Waals surface area contributed by atoms with E-state index in [0.717, 1.165) is 16.8 Å². The van der Waals surface area contributed by atoms with E-state index in [-0.39, 0.29) is 11.8 Å². The van der Waals surface area contributed by atoms with Gasteiger partial charge in [0.05, 0.1) is 12.1 Å². The van der Waals surface area contributed by atoms with Gasteiger partial charge in [0.1, 0.15) is 0 Å². The summed E-state index contributed by atoms with van der Waals surface area (Å²) < 4.78 is 0. The standard InChI is InChI=1S/C20H22ClN3O2/c1-20(2,22)19(26)23-16-8-9-17-14(11-16)5-10-18(25)24(17)12-13-3-6-15(21)7-4-13/h3-4,6-9,11H,5,10,12,22H2,1-2H3,(H,23,26). The highest BCUT2D eigenvalue weighted by Crippen LogP contribution is 2.32. The van der Waals surface area contributed by atoms with Crippen molar-refractivity contribution in [3.8, 4) is 0 Å². The summed E-state index contributed by atoms with van der Waals surface area (Å²) in [7, 11) is 0. The second-order valence-electron chi connectivity index (χ2n) is 7.13. The molecule has 5 nitrogen and oxygen atoms in total.